The van der Waals surface area contributed by atoms with E-state index in [1.807, 2.05) is 12.2 Å². The van der Waals surface area contributed by atoms with Gasteiger partial charge >= 0.3 is 0 Å². The van der Waals surface area contributed by atoms with Gasteiger partial charge in [0, 0.05) is 24.1 Å². The monoisotopic (exact) mass is 405 g/mol. The Morgan fingerprint density at radius 2 is 1.81 bits per heavy atom. The summed E-state index contributed by atoms with van der Waals surface area (Å²) < 4.78 is 0. The standard InChI is InChI=1S/C18H13Cl2N3O4/c19-14-5-4-9(6-16(14)23(26)27)17-12-3-1-2-11(12)13-7-10(22(24)25)8-15(20)18(13)21-17/h1-2,4-8,11-12,17,21H,3H2/t11-,12+,17-/m1/s1. The van der Waals surface area contributed by atoms with Gasteiger partial charge in [-0.25, -0.2) is 0 Å². The van der Waals surface area contributed by atoms with E-state index in [1.165, 1.54) is 18.2 Å². The highest BCUT2D eigenvalue weighted by atomic mass is 35.5. The van der Waals surface area contributed by atoms with Gasteiger partial charge in [-0.3, -0.25) is 20.2 Å². The minimum Gasteiger partial charge on any atom is -0.376 e. The number of nitro groups is 2. The van der Waals surface area contributed by atoms with Crippen molar-refractivity contribution in [1.82, 2.24) is 0 Å². The molecule has 2 aliphatic rings. The largest absolute Gasteiger partial charge is 0.376 e. The first-order valence-electron chi connectivity index (χ1n) is 8.21. The second-order valence-electron chi connectivity index (χ2n) is 6.59. The van der Waals surface area contributed by atoms with Gasteiger partial charge in [0.05, 0.1) is 26.6 Å². The Morgan fingerprint density at radius 1 is 1.04 bits per heavy atom. The molecule has 1 aliphatic carbocycles. The van der Waals surface area contributed by atoms with Gasteiger partial charge in [0.25, 0.3) is 11.4 Å². The first-order chi connectivity index (χ1) is 12.9. The van der Waals surface area contributed by atoms with Crippen LogP contribution in [0.5, 0.6) is 0 Å². The fraction of sp³-hybridized carbons (Fsp3) is 0.222. The maximum absolute atomic E-state index is 11.2. The highest BCUT2D eigenvalue weighted by molar-refractivity contribution is 6.33. The number of anilines is 1. The number of rotatable bonds is 3. The summed E-state index contributed by atoms with van der Waals surface area (Å²) in [5.74, 6) is 0.00901. The molecule has 4 rings (SSSR count). The van der Waals surface area contributed by atoms with Crippen molar-refractivity contribution in [3.63, 3.8) is 0 Å². The highest BCUT2D eigenvalue weighted by Crippen LogP contribution is 2.52. The molecule has 7 nitrogen and oxygen atoms in total. The van der Waals surface area contributed by atoms with Crippen LogP contribution in [0, 0.1) is 26.1 Å². The van der Waals surface area contributed by atoms with E-state index < -0.39 is 9.85 Å². The third-order valence-electron chi connectivity index (χ3n) is 5.14. The fourth-order valence-corrected chi connectivity index (χ4v) is 4.40. The average molecular weight is 406 g/mol. The molecule has 0 saturated heterocycles. The summed E-state index contributed by atoms with van der Waals surface area (Å²) in [5, 5.41) is 26.1. The number of non-ortho nitro benzene ring substituents is 1. The molecule has 1 heterocycles. The average Bonchev–Trinajstić information content (AvgIpc) is 3.11. The number of nitrogens with one attached hydrogen (secondary N) is 1. The number of hydrogen-bond acceptors (Lipinski definition) is 5. The van der Waals surface area contributed by atoms with Gasteiger partial charge in [-0.05, 0) is 29.5 Å². The molecule has 1 aliphatic heterocycles. The van der Waals surface area contributed by atoms with Gasteiger partial charge in [-0.1, -0.05) is 41.4 Å². The summed E-state index contributed by atoms with van der Waals surface area (Å²) in [5.41, 5.74) is 1.91. The molecule has 0 bridgehead atoms. The first kappa shape index (κ1) is 17.8. The zero-order valence-corrected chi connectivity index (χ0v) is 15.3. The van der Waals surface area contributed by atoms with Crippen molar-refractivity contribution in [2.45, 2.75) is 18.4 Å². The highest BCUT2D eigenvalue weighted by Gasteiger charge is 2.40. The predicted octanol–water partition coefficient (Wildman–Crippen LogP) is 5.64. The Labute approximate surface area is 163 Å². The molecule has 3 atom stereocenters. The number of fused-ring (bicyclic) bond motifs is 3. The Hall–Kier alpha value is -2.64. The van der Waals surface area contributed by atoms with Crippen LogP contribution in [-0.2, 0) is 0 Å². The summed E-state index contributed by atoms with van der Waals surface area (Å²) in [6.07, 6.45) is 4.79. The van der Waals surface area contributed by atoms with Gasteiger partial charge < -0.3 is 5.32 Å². The molecule has 0 fully saturated rings. The third-order valence-corrected chi connectivity index (χ3v) is 5.76. The van der Waals surface area contributed by atoms with Crippen molar-refractivity contribution in [2.75, 3.05) is 5.32 Å². The molecule has 2 aromatic rings. The maximum Gasteiger partial charge on any atom is 0.288 e. The van der Waals surface area contributed by atoms with Crippen LogP contribution < -0.4 is 5.32 Å². The van der Waals surface area contributed by atoms with Crippen LogP contribution in [0.4, 0.5) is 17.1 Å². The Balaban J connectivity index is 1.82. The smallest absolute Gasteiger partial charge is 0.288 e. The molecule has 2 aromatic carbocycles. The molecule has 0 radical (unpaired) electrons. The summed E-state index contributed by atoms with van der Waals surface area (Å²) >= 11 is 12.3. The molecule has 138 valence electrons. The molecular weight excluding hydrogens is 393 g/mol. The molecule has 9 heteroatoms. The summed E-state index contributed by atoms with van der Waals surface area (Å²) in [4.78, 5) is 21.4. The molecule has 27 heavy (non-hydrogen) atoms. The van der Waals surface area contributed by atoms with E-state index in [4.69, 9.17) is 23.2 Å². The molecule has 0 spiro atoms. The second-order valence-corrected chi connectivity index (χ2v) is 7.41. The van der Waals surface area contributed by atoms with E-state index in [0.29, 0.717) is 5.69 Å². The molecule has 0 unspecified atom stereocenters. The zero-order chi connectivity index (χ0) is 19.3. The minimum absolute atomic E-state index is 0.0554. The van der Waals surface area contributed by atoms with E-state index in [9.17, 15) is 20.2 Å². The molecule has 0 saturated carbocycles. The van der Waals surface area contributed by atoms with Crippen LogP contribution in [0.3, 0.4) is 0 Å². The van der Waals surface area contributed by atoms with Crippen LogP contribution in [0.15, 0.2) is 42.5 Å². The van der Waals surface area contributed by atoms with Crippen molar-refractivity contribution in [3.05, 3.63) is 83.9 Å². The lowest BCUT2D eigenvalue weighted by Gasteiger charge is -2.37. The number of halogens is 2. The fourth-order valence-electron chi connectivity index (χ4n) is 3.94. The number of allylic oxidation sites excluding steroid dienone is 2. The normalized spacial score (nSPS) is 22.7. The number of hydrogen-bond donors (Lipinski definition) is 1. The first-order valence-corrected chi connectivity index (χ1v) is 8.97. The maximum atomic E-state index is 11.2. The van der Waals surface area contributed by atoms with Crippen molar-refractivity contribution < 1.29 is 9.85 Å². The van der Waals surface area contributed by atoms with E-state index in [-0.39, 0.29) is 39.3 Å². The van der Waals surface area contributed by atoms with E-state index in [0.717, 1.165) is 17.5 Å². The third kappa shape index (κ3) is 2.93. The SMILES string of the molecule is O=[N+]([O-])c1cc(Cl)c2c(c1)[C@@H]1C=CC[C@@H]1[C@@H](c1ccc(Cl)c([N+](=O)[O-])c1)N2. The van der Waals surface area contributed by atoms with Crippen LogP contribution in [0.2, 0.25) is 10.0 Å². The molecule has 1 N–H and O–H groups in total. The van der Waals surface area contributed by atoms with E-state index in [1.54, 1.807) is 12.1 Å². The topological polar surface area (TPSA) is 98.3 Å². The summed E-state index contributed by atoms with van der Waals surface area (Å²) in [6, 6.07) is 7.37. The second kappa shape index (κ2) is 6.51. The van der Waals surface area contributed by atoms with Gasteiger partial charge in [0.2, 0.25) is 0 Å². The summed E-state index contributed by atoms with van der Waals surface area (Å²) in [7, 11) is 0. The molecular formula is C18H13Cl2N3O4. The zero-order valence-electron chi connectivity index (χ0n) is 13.8. The van der Waals surface area contributed by atoms with Gasteiger partial charge in [0.15, 0.2) is 0 Å². The van der Waals surface area contributed by atoms with Crippen LogP contribution in [0.25, 0.3) is 0 Å². The predicted molar refractivity (Wildman–Crippen MR) is 103 cm³/mol. The molecule has 0 aromatic heterocycles. The van der Waals surface area contributed by atoms with Gasteiger partial charge in [-0.15, -0.1) is 0 Å². The van der Waals surface area contributed by atoms with Crippen molar-refractivity contribution in [3.8, 4) is 0 Å². The van der Waals surface area contributed by atoms with Crippen molar-refractivity contribution in [2.24, 2.45) is 5.92 Å². The Morgan fingerprint density at radius 3 is 2.52 bits per heavy atom. The van der Waals surface area contributed by atoms with Crippen LogP contribution in [-0.4, -0.2) is 9.85 Å². The van der Waals surface area contributed by atoms with E-state index >= 15 is 0 Å². The lowest BCUT2D eigenvalue weighted by atomic mass is 9.77. The lowest BCUT2D eigenvalue weighted by Crippen LogP contribution is -2.29. The minimum atomic E-state index is -0.511. The number of nitro benzene ring substituents is 2. The Kier molecular flexibility index (Phi) is 4.28. The number of benzene rings is 2. The number of nitrogens with zero attached hydrogens (tertiary/aromatic N) is 2. The van der Waals surface area contributed by atoms with E-state index in [2.05, 4.69) is 5.32 Å². The quantitative estimate of drug-likeness (QED) is 0.404. The molecule has 0 amide bonds. The summed E-state index contributed by atoms with van der Waals surface area (Å²) in [6.45, 7) is 0. The lowest BCUT2D eigenvalue weighted by molar-refractivity contribution is -0.385. The van der Waals surface area contributed by atoms with Crippen molar-refractivity contribution in [1.29, 1.82) is 0 Å². The van der Waals surface area contributed by atoms with Crippen molar-refractivity contribution >= 4 is 40.3 Å². The van der Waals surface area contributed by atoms with Crippen LogP contribution in [0.1, 0.15) is 29.5 Å². The van der Waals surface area contributed by atoms with Crippen LogP contribution >= 0.6 is 23.2 Å². The Bertz CT molecular complexity index is 1010. The van der Waals surface area contributed by atoms with Gasteiger partial charge in [-0.2, -0.15) is 0 Å². The van der Waals surface area contributed by atoms with Gasteiger partial charge in [0.1, 0.15) is 5.02 Å².